The third kappa shape index (κ3) is 5.09. The van der Waals surface area contributed by atoms with Gasteiger partial charge in [0.15, 0.2) is 0 Å². The average molecular weight is 521 g/mol. The van der Waals surface area contributed by atoms with Gasteiger partial charge in [-0.3, -0.25) is 4.90 Å². The molecule has 0 spiro atoms. The number of rotatable bonds is 6. The highest BCUT2D eigenvalue weighted by molar-refractivity contribution is 6.33. The molecule has 8 heteroatoms. The summed E-state index contributed by atoms with van der Waals surface area (Å²) >= 11 is 12.7. The van der Waals surface area contributed by atoms with Crippen LogP contribution in [0.3, 0.4) is 0 Å². The van der Waals surface area contributed by atoms with Crippen LogP contribution in [0, 0.1) is 0 Å². The molecule has 4 aromatic rings. The average Bonchev–Trinajstić information content (AvgIpc) is 3.60. The molecule has 0 radical (unpaired) electrons. The van der Waals surface area contributed by atoms with Crippen molar-refractivity contribution in [1.82, 2.24) is 25.2 Å². The van der Waals surface area contributed by atoms with Crippen LogP contribution in [0.1, 0.15) is 43.7 Å². The lowest BCUT2D eigenvalue weighted by Crippen LogP contribution is -2.53. The summed E-state index contributed by atoms with van der Waals surface area (Å²) in [7, 11) is 0. The maximum Gasteiger partial charge on any atom is 0.227 e. The molecule has 1 aliphatic heterocycles. The molecule has 1 saturated heterocycles. The van der Waals surface area contributed by atoms with Crippen molar-refractivity contribution >= 4 is 45.7 Å². The first-order valence-corrected chi connectivity index (χ1v) is 13.4. The van der Waals surface area contributed by atoms with Crippen LogP contribution in [-0.2, 0) is 6.54 Å². The number of piperazine rings is 1. The second-order valence-corrected chi connectivity index (χ2v) is 11.2. The standard InChI is InChI=1S/C28H30Cl2N6/c1-16-13-36(14-17(2)33-16)15-18-7-20(19-3-4-19)9-22(8-18)34-28-32-12-25(30)27(35-28)24-11-31-26-10-21(29)5-6-23(24)26/h5-12,16-17,19,31,33H,3-4,13-15H2,1-2H3,(H,32,34,35)/t16-,17+. The molecular formula is C28H30Cl2N6. The first kappa shape index (κ1) is 23.7. The van der Waals surface area contributed by atoms with Crippen LogP contribution in [0.2, 0.25) is 10.0 Å². The summed E-state index contributed by atoms with van der Waals surface area (Å²) in [5.74, 6) is 1.19. The van der Waals surface area contributed by atoms with Crippen LogP contribution in [0.15, 0.2) is 48.8 Å². The Morgan fingerprint density at radius 3 is 2.64 bits per heavy atom. The van der Waals surface area contributed by atoms with Crippen LogP contribution < -0.4 is 10.6 Å². The maximum atomic E-state index is 6.55. The van der Waals surface area contributed by atoms with Crippen LogP contribution >= 0.6 is 23.2 Å². The third-order valence-corrected chi connectivity index (χ3v) is 7.51. The van der Waals surface area contributed by atoms with Gasteiger partial charge in [-0.1, -0.05) is 35.3 Å². The molecule has 2 aromatic carbocycles. The molecule has 36 heavy (non-hydrogen) atoms. The predicted molar refractivity (Wildman–Crippen MR) is 148 cm³/mol. The van der Waals surface area contributed by atoms with E-state index in [2.05, 4.69) is 57.5 Å². The van der Waals surface area contributed by atoms with Crippen molar-refractivity contribution in [2.24, 2.45) is 0 Å². The molecule has 0 unspecified atom stereocenters. The van der Waals surface area contributed by atoms with E-state index in [0.29, 0.717) is 39.7 Å². The minimum absolute atomic E-state index is 0.499. The van der Waals surface area contributed by atoms with Gasteiger partial charge in [-0.2, -0.15) is 0 Å². The van der Waals surface area contributed by atoms with Crippen molar-refractivity contribution in [3.05, 3.63) is 70.0 Å². The van der Waals surface area contributed by atoms with E-state index in [1.807, 2.05) is 24.4 Å². The smallest absolute Gasteiger partial charge is 0.227 e. The SMILES string of the molecule is C[C@@H]1CN(Cc2cc(Nc3ncc(Cl)c(-c4c[nH]c5cc(Cl)ccc45)n3)cc(C3CC3)c2)C[C@H](C)N1. The Labute approximate surface area is 221 Å². The van der Waals surface area contributed by atoms with E-state index < -0.39 is 0 Å². The summed E-state index contributed by atoms with van der Waals surface area (Å²) in [6.07, 6.45) is 6.10. The lowest BCUT2D eigenvalue weighted by Gasteiger charge is -2.36. The van der Waals surface area contributed by atoms with E-state index in [9.17, 15) is 0 Å². The van der Waals surface area contributed by atoms with Gasteiger partial charge in [-0.05, 0) is 68.0 Å². The number of aromatic nitrogens is 3. The fourth-order valence-electron chi connectivity index (χ4n) is 5.40. The zero-order chi connectivity index (χ0) is 24.8. The Hall–Kier alpha value is -2.64. The van der Waals surface area contributed by atoms with Gasteiger partial charge in [-0.25, -0.2) is 9.97 Å². The van der Waals surface area contributed by atoms with Gasteiger partial charge in [-0.15, -0.1) is 0 Å². The molecule has 2 fully saturated rings. The van der Waals surface area contributed by atoms with Crippen LogP contribution in [0.5, 0.6) is 0 Å². The molecule has 1 aliphatic carbocycles. The largest absolute Gasteiger partial charge is 0.360 e. The minimum atomic E-state index is 0.499. The van der Waals surface area contributed by atoms with Gasteiger partial charge >= 0.3 is 0 Å². The highest BCUT2D eigenvalue weighted by Gasteiger charge is 2.26. The van der Waals surface area contributed by atoms with E-state index in [1.54, 1.807) is 6.20 Å². The topological polar surface area (TPSA) is 68.9 Å². The normalized spacial score (nSPS) is 20.7. The molecule has 0 amide bonds. The number of hydrogen-bond donors (Lipinski definition) is 3. The summed E-state index contributed by atoms with van der Waals surface area (Å²) in [6.45, 7) is 7.57. The highest BCUT2D eigenvalue weighted by Crippen LogP contribution is 2.42. The fourth-order valence-corrected chi connectivity index (χ4v) is 5.77. The predicted octanol–water partition coefficient (Wildman–Crippen LogP) is 6.73. The molecule has 1 saturated carbocycles. The van der Waals surface area contributed by atoms with Crippen molar-refractivity contribution in [3.8, 4) is 11.3 Å². The summed E-state index contributed by atoms with van der Waals surface area (Å²) in [6, 6.07) is 13.6. The summed E-state index contributed by atoms with van der Waals surface area (Å²) in [4.78, 5) is 15.1. The Morgan fingerprint density at radius 1 is 1.06 bits per heavy atom. The number of H-pyrrole nitrogens is 1. The fraction of sp³-hybridized carbons (Fsp3) is 0.357. The quantitative estimate of drug-likeness (QED) is 0.262. The molecule has 186 valence electrons. The van der Waals surface area contributed by atoms with E-state index in [0.717, 1.165) is 41.8 Å². The van der Waals surface area contributed by atoms with Gasteiger partial charge in [0.1, 0.15) is 0 Å². The lowest BCUT2D eigenvalue weighted by atomic mass is 10.0. The van der Waals surface area contributed by atoms with E-state index in [4.69, 9.17) is 28.2 Å². The van der Waals surface area contributed by atoms with Gasteiger partial charge in [0, 0.05) is 65.1 Å². The zero-order valence-electron chi connectivity index (χ0n) is 20.5. The monoisotopic (exact) mass is 520 g/mol. The Kier molecular flexibility index (Phi) is 6.38. The van der Waals surface area contributed by atoms with E-state index in [1.165, 1.54) is 24.0 Å². The molecule has 6 nitrogen and oxygen atoms in total. The van der Waals surface area contributed by atoms with Crippen LogP contribution in [0.4, 0.5) is 11.6 Å². The first-order chi connectivity index (χ1) is 17.4. The van der Waals surface area contributed by atoms with E-state index >= 15 is 0 Å². The zero-order valence-corrected chi connectivity index (χ0v) is 22.0. The Bertz CT molecular complexity index is 1400. The summed E-state index contributed by atoms with van der Waals surface area (Å²) in [5.41, 5.74) is 6.29. The van der Waals surface area contributed by atoms with Crippen LogP contribution in [0.25, 0.3) is 22.2 Å². The van der Waals surface area contributed by atoms with Crippen molar-refractivity contribution in [2.45, 2.75) is 51.2 Å². The maximum absolute atomic E-state index is 6.55. The number of anilines is 2. The van der Waals surface area contributed by atoms with Crippen molar-refractivity contribution in [3.63, 3.8) is 0 Å². The first-order valence-electron chi connectivity index (χ1n) is 12.6. The molecule has 2 aliphatic rings. The summed E-state index contributed by atoms with van der Waals surface area (Å²) in [5, 5.41) is 9.30. The van der Waals surface area contributed by atoms with Gasteiger partial charge in [0.2, 0.25) is 5.95 Å². The summed E-state index contributed by atoms with van der Waals surface area (Å²) < 4.78 is 0. The molecule has 3 N–H and O–H groups in total. The Morgan fingerprint density at radius 2 is 1.86 bits per heavy atom. The number of hydrogen-bond acceptors (Lipinski definition) is 5. The molecule has 0 bridgehead atoms. The number of halogens is 2. The van der Waals surface area contributed by atoms with Crippen molar-refractivity contribution < 1.29 is 0 Å². The molecule has 3 heterocycles. The number of fused-ring (bicyclic) bond motifs is 1. The Balaban J connectivity index is 1.29. The number of nitrogens with zero attached hydrogens (tertiary/aromatic N) is 3. The van der Waals surface area contributed by atoms with E-state index in [-0.39, 0.29) is 0 Å². The molecule has 2 aromatic heterocycles. The number of benzene rings is 2. The second kappa shape index (κ2) is 9.67. The number of nitrogens with one attached hydrogen (secondary N) is 3. The third-order valence-electron chi connectivity index (χ3n) is 7.00. The lowest BCUT2D eigenvalue weighted by molar-refractivity contribution is 0.166. The van der Waals surface area contributed by atoms with Crippen LogP contribution in [-0.4, -0.2) is 45.0 Å². The van der Waals surface area contributed by atoms with Gasteiger partial charge in [0.05, 0.1) is 16.9 Å². The molecule has 6 rings (SSSR count). The molecule has 2 atom stereocenters. The van der Waals surface area contributed by atoms with Crippen molar-refractivity contribution in [2.75, 3.05) is 18.4 Å². The van der Waals surface area contributed by atoms with Crippen molar-refractivity contribution in [1.29, 1.82) is 0 Å². The highest BCUT2D eigenvalue weighted by atomic mass is 35.5. The second-order valence-electron chi connectivity index (χ2n) is 10.3. The van der Waals surface area contributed by atoms with Gasteiger partial charge in [0.25, 0.3) is 0 Å². The minimum Gasteiger partial charge on any atom is -0.360 e. The molecular weight excluding hydrogens is 491 g/mol. The van der Waals surface area contributed by atoms with Gasteiger partial charge < -0.3 is 15.6 Å². The number of aromatic amines is 1.